The normalized spacial score (nSPS) is 29.7. The van der Waals surface area contributed by atoms with Crippen LogP contribution in [-0.2, 0) is 16.0 Å². The van der Waals surface area contributed by atoms with E-state index in [0.29, 0.717) is 36.1 Å². The second kappa shape index (κ2) is 13.2. The van der Waals surface area contributed by atoms with E-state index < -0.39 is 55.2 Å². The molecular formula is C30H41NO8. The molecule has 2 aromatic carbocycles. The molecule has 1 amide bonds. The van der Waals surface area contributed by atoms with Crippen LogP contribution in [0.1, 0.15) is 62.6 Å². The van der Waals surface area contributed by atoms with Crippen LogP contribution in [0.3, 0.4) is 0 Å². The summed E-state index contributed by atoms with van der Waals surface area (Å²) in [6, 6.07) is 13.8. The van der Waals surface area contributed by atoms with Gasteiger partial charge >= 0.3 is 0 Å². The monoisotopic (exact) mass is 543 g/mol. The number of para-hydroxylation sites is 1. The minimum Gasteiger partial charge on any atom is -0.508 e. The molecule has 3 unspecified atom stereocenters. The van der Waals surface area contributed by atoms with Crippen molar-refractivity contribution in [2.24, 2.45) is 5.92 Å². The standard InChI is InChI=1S/C30H41NO8/c1-2-3-5-10-20(33)12-13-21-26(31(30(21)38)19-8-6-4-7-9-19)22-15-18(11-14-23(22)34)16-24-27(35)29(37)28(36)25(17-32)39-24/h4,6-9,11,14-15,20-21,24-29,32-37H,2-3,5,10,12-13,16-17H2,1H3/t20-,21-,24+,25?,26+,27?,28-,29?/m1/s1. The van der Waals surface area contributed by atoms with Crippen LogP contribution in [0.2, 0.25) is 0 Å². The summed E-state index contributed by atoms with van der Waals surface area (Å²) in [6.45, 7) is 1.60. The molecule has 2 fully saturated rings. The third kappa shape index (κ3) is 6.45. The first kappa shape index (κ1) is 29.5. The zero-order valence-corrected chi connectivity index (χ0v) is 22.3. The van der Waals surface area contributed by atoms with Gasteiger partial charge in [-0.05, 0) is 49.1 Å². The lowest BCUT2D eigenvalue weighted by atomic mass is 9.77. The third-order valence-corrected chi connectivity index (χ3v) is 8.04. The van der Waals surface area contributed by atoms with Gasteiger partial charge in [0.25, 0.3) is 0 Å². The quantitative estimate of drug-likeness (QED) is 0.176. The number of β-lactam (4-membered cyclic amide) rings is 1. The average molecular weight is 544 g/mol. The highest BCUT2D eigenvalue weighted by atomic mass is 16.5. The minimum atomic E-state index is -1.47. The van der Waals surface area contributed by atoms with E-state index in [4.69, 9.17) is 4.74 Å². The van der Waals surface area contributed by atoms with Crippen LogP contribution in [0.15, 0.2) is 48.5 Å². The van der Waals surface area contributed by atoms with Gasteiger partial charge in [-0.3, -0.25) is 4.79 Å². The number of ether oxygens (including phenoxy) is 1. The Bertz CT molecular complexity index is 1080. The summed E-state index contributed by atoms with van der Waals surface area (Å²) >= 11 is 0. The van der Waals surface area contributed by atoms with Gasteiger partial charge in [-0.2, -0.15) is 0 Å². The highest BCUT2D eigenvalue weighted by molar-refractivity contribution is 6.03. The van der Waals surface area contributed by atoms with Gasteiger partial charge in [0, 0.05) is 17.7 Å². The molecule has 9 nitrogen and oxygen atoms in total. The predicted octanol–water partition coefficient (Wildman–Crippen LogP) is 2.20. The number of phenols is 1. The number of amides is 1. The van der Waals surface area contributed by atoms with Gasteiger partial charge in [0.05, 0.1) is 30.8 Å². The number of aliphatic hydroxyl groups excluding tert-OH is 5. The average Bonchev–Trinajstić information content (AvgIpc) is 2.93. The Kier molecular flexibility index (Phi) is 9.98. The molecule has 214 valence electrons. The lowest BCUT2D eigenvalue weighted by Gasteiger charge is -2.48. The topological polar surface area (TPSA) is 151 Å². The zero-order valence-electron chi connectivity index (χ0n) is 22.3. The van der Waals surface area contributed by atoms with Crippen LogP contribution in [-0.4, -0.2) is 79.8 Å². The number of rotatable bonds is 12. The van der Waals surface area contributed by atoms with Crippen LogP contribution >= 0.6 is 0 Å². The van der Waals surface area contributed by atoms with Gasteiger partial charge < -0.3 is 40.3 Å². The van der Waals surface area contributed by atoms with Gasteiger partial charge in [-0.1, -0.05) is 50.5 Å². The van der Waals surface area contributed by atoms with Gasteiger partial charge in [0.2, 0.25) is 5.91 Å². The summed E-state index contributed by atoms with van der Waals surface area (Å²) in [6.07, 6.45) is -1.76. The fourth-order valence-corrected chi connectivity index (χ4v) is 5.76. The number of hydrogen-bond donors (Lipinski definition) is 6. The van der Waals surface area contributed by atoms with Gasteiger partial charge in [-0.15, -0.1) is 0 Å². The number of carbonyl (C=O) groups is 1. The number of aromatic hydroxyl groups is 1. The summed E-state index contributed by atoms with van der Waals surface area (Å²) in [5, 5.41) is 61.7. The maximum Gasteiger partial charge on any atom is 0.233 e. The number of nitrogens with zero attached hydrogens (tertiary/aromatic N) is 1. The molecule has 0 aliphatic carbocycles. The van der Waals surface area contributed by atoms with E-state index in [0.717, 1.165) is 19.3 Å². The predicted molar refractivity (Wildman–Crippen MR) is 145 cm³/mol. The summed E-state index contributed by atoms with van der Waals surface area (Å²) in [4.78, 5) is 15.0. The van der Waals surface area contributed by atoms with E-state index in [-0.39, 0.29) is 18.1 Å². The fourth-order valence-electron chi connectivity index (χ4n) is 5.76. The van der Waals surface area contributed by atoms with Crippen molar-refractivity contribution in [2.75, 3.05) is 11.5 Å². The van der Waals surface area contributed by atoms with E-state index in [1.165, 1.54) is 6.07 Å². The van der Waals surface area contributed by atoms with E-state index in [1.807, 2.05) is 30.3 Å². The summed E-state index contributed by atoms with van der Waals surface area (Å²) in [7, 11) is 0. The molecule has 4 rings (SSSR count). The van der Waals surface area contributed by atoms with Crippen LogP contribution in [0.25, 0.3) is 0 Å². The van der Waals surface area contributed by atoms with Crippen molar-refractivity contribution in [1.82, 2.24) is 0 Å². The maximum absolute atomic E-state index is 13.3. The summed E-state index contributed by atoms with van der Waals surface area (Å²) in [5.41, 5.74) is 1.95. The molecule has 2 aliphatic rings. The molecule has 0 spiro atoms. The minimum absolute atomic E-state index is 0.0273. The SMILES string of the molecule is CCCCC[C@@H](O)CC[C@H]1C(=O)N(c2ccccc2)[C@@H]1c1cc(C[C@@H]2OC(CO)[C@@H](O)C(O)C2O)ccc1O. The van der Waals surface area contributed by atoms with Crippen LogP contribution < -0.4 is 4.90 Å². The molecule has 0 bridgehead atoms. The van der Waals surface area contributed by atoms with Crippen LogP contribution in [0.4, 0.5) is 5.69 Å². The lowest BCUT2D eigenvalue weighted by Crippen LogP contribution is -2.59. The largest absolute Gasteiger partial charge is 0.508 e. The first-order valence-corrected chi connectivity index (χ1v) is 13.9. The number of benzene rings is 2. The van der Waals surface area contributed by atoms with E-state index in [2.05, 4.69) is 6.92 Å². The maximum atomic E-state index is 13.3. The van der Waals surface area contributed by atoms with Crippen molar-refractivity contribution in [1.29, 1.82) is 0 Å². The Hall–Kier alpha value is -2.53. The Labute approximate surface area is 229 Å². The molecule has 2 heterocycles. The molecule has 0 radical (unpaired) electrons. The molecule has 39 heavy (non-hydrogen) atoms. The van der Waals surface area contributed by atoms with E-state index in [1.54, 1.807) is 17.0 Å². The Morgan fingerprint density at radius 1 is 0.949 bits per heavy atom. The summed E-state index contributed by atoms with van der Waals surface area (Å²) in [5.74, 6) is -0.454. The molecule has 2 aromatic rings. The number of aliphatic hydroxyl groups is 5. The Morgan fingerprint density at radius 2 is 1.67 bits per heavy atom. The first-order chi connectivity index (χ1) is 18.8. The molecule has 2 aliphatic heterocycles. The van der Waals surface area contributed by atoms with Crippen molar-refractivity contribution in [3.8, 4) is 5.75 Å². The second-order valence-corrected chi connectivity index (χ2v) is 10.8. The second-order valence-electron chi connectivity index (χ2n) is 10.8. The highest BCUT2D eigenvalue weighted by Gasteiger charge is 2.49. The van der Waals surface area contributed by atoms with Crippen molar-refractivity contribution in [3.63, 3.8) is 0 Å². The molecule has 0 saturated carbocycles. The van der Waals surface area contributed by atoms with Crippen LogP contribution in [0, 0.1) is 5.92 Å². The number of carbonyl (C=O) groups excluding carboxylic acids is 1. The van der Waals surface area contributed by atoms with Gasteiger partial charge in [0.1, 0.15) is 30.2 Å². The molecule has 0 aromatic heterocycles. The molecule has 9 heteroatoms. The lowest BCUT2D eigenvalue weighted by molar-refractivity contribution is -0.228. The van der Waals surface area contributed by atoms with E-state index in [9.17, 15) is 35.4 Å². The van der Waals surface area contributed by atoms with Crippen molar-refractivity contribution in [2.45, 2.75) is 94.5 Å². The van der Waals surface area contributed by atoms with Gasteiger partial charge in [-0.25, -0.2) is 0 Å². The zero-order chi connectivity index (χ0) is 28.1. The molecule has 6 N–H and O–H groups in total. The fraction of sp³-hybridized carbons (Fsp3) is 0.567. The first-order valence-electron chi connectivity index (χ1n) is 13.9. The molecule has 2 saturated heterocycles. The Balaban J connectivity index is 1.57. The summed E-state index contributed by atoms with van der Waals surface area (Å²) < 4.78 is 5.67. The van der Waals surface area contributed by atoms with Crippen molar-refractivity contribution in [3.05, 3.63) is 59.7 Å². The molecule has 8 atom stereocenters. The van der Waals surface area contributed by atoms with Crippen molar-refractivity contribution < 1.29 is 40.2 Å². The van der Waals surface area contributed by atoms with E-state index >= 15 is 0 Å². The van der Waals surface area contributed by atoms with Gasteiger partial charge in [0.15, 0.2) is 0 Å². The van der Waals surface area contributed by atoms with Crippen molar-refractivity contribution >= 4 is 11.6 Å². The number of anilines is 1. The number of unbranched alkanes of at least 4 members (excludes halogenated alkanes) is 2. The molecular weight excluding hydrogens is 502 g/mol. The van der Waals surface area contributed by atoms with Crippen LogP contribution in [0.5, 0.6) is 5.75 Å². The smallest absolute Gasteiger partial charge is 0.233 e. The highest BCUT2D eigenvalue weighted by Crippen LogP contribution is 2.48. The number of phenolic OH excluding ortho intramolecular Hbond substituents is 1. The third-order valence-electron chi connectivity index (χ3n) is 8.04. The Morgan fingerprint density at radius 3 is 2.36 bits per heavy atom. The number of hydrogen-bond acceptors (Lipinski definition) is 8.